The number of benzene rings is 2. The fourth-order valence-corrected chi connectivity index (χ4v) is 4.76. The number of hydrogen-bond acceptors (Lipinski definition) is 5. The molecule has 3 aromatic rings. The second-order valence-electron chi connectivity index (χ2n) is 8.72. The number of hydrogen-bond donors (Lipinski definition) is 2. The first-order valence-corrected chi connectivity index (χ1v) is 11.2. The zero-order valence-electron chi connectivity index (χ0n) is 17.9. The molecule has 6 heteroatoms. The molecule has 2 N–H and O–H groups in total. The van der Waals surface area contributed by atoms with Crippen LogP contribution >= 0.6 is 0 Å². The first-order valence-electron chi connectivity index (χ1n) is 11.2. The molecule has 164 valence electrons. The van der Waals surface area contributed by atoms with Gasteiger partial charge in [0.05, 0.1) is 31.3 Å². The molecule has 2 aromatic carbocycles. The van der Waals surface area contributed by atoms with Crippen molar-refractivity contribution >= 4 is 5.91 Å². The van der Waals surface area contributed by atoms with Crippen LogP contribution in [0.5, 0.6) is 0 Å². The Morgan fingerprint density at radius 1 is 0.969 bits per heavy atom. The lowest BCUT2D eigenvalue weighted by atomic mass is 9.89. The van der Waals surface area contributed by atoms with Crippen LogP contribution in [0, 0.1) is 0 Å². The molecule has 0 bridgehead atoms. The zero-order chi connectivity index (χ0) is 22.1. The Morgan fingerprint density at radius 3 is 2.59 bits per heavy atom. The molecule has 0 radical (unpaired) electrons. The third-order valence-electron chi connectivity index (χ3n) is 6.58. The van der Waals surface area contributed by atoms with Crippen LogP contribution in [-0.2, 0) is 13.2 Å². The van der Waals surface area contributed by atoms with Crippen LogP contribution in [0.3, 0.4) is 0 Å². The number of carbonyl (C=O) groups is 1. The zero-order valence-corrected chi connectivity index (χ0v) is 17.9. The summed E-state index contributed by atoms with van der Waals surface area (Å²) in [5.41, 5.74) is 6.46. The fourth-order valence-electron chi connectivity index (χ4n) is 4.76. The average molecular weight is 430 g/mol. The van der Waals surface area contributed by atoms with Crippen molar-refractivity contribution < 1.29 is 15.0 Å². The number of carbonyl (C=O) groups excluding carboxylic acids is 1. The number of aliphatic hydroxyl groups excluding tert-OH is 2. The van der Waals surface area contributed by atoms with E-state index in [1.54, 1.807) is 4.90 Å². The first kappa shape index (κ1) is 20.8. The highest BCUT2D eigenvalue weighted by atomic mass is 16.3. The van der Waals surface area contributed by atoms with E-state index in [1.807, 2.05) is 0 Å². The summed E-state index contributed by atoms with van der Waals surface area (Å²) < 4.78 is 0. The molecule has 1 aliphatic heterocycles. The Bertz CT molecular complexity index is 1140. The summed E-state index contributed by atoms with van der Waals surface area (Å²) in [5, 5.41) is 19.4. The maximum atomic E-state index is 12.9. The molecule has 2 fully saturated rings. The third kappa shape index (κ3) is 4.04. The molecule has 2 heterocycles. The van der Waals surface area contributed by atoms with Crippen molar-refractivity contribution in [1.82, 2.24) is 14.9 Å². The van der Waals surface area contributed by atoms with Gasteiger partial charge in [0.2, 0.25) is 0 Å². The maximum absolute atomic E-state index is 12.9. The lowest BCUT2D eigenvalue weighted by Gasteiger charge is -2.19. The van der Waals surface area contributed by atoms with Crippen molar-refractivity contribution in [2.45, 2.75) is 44.3 Å². The Hall–Kier alpha value is -3.09. The molecule has 0 spiro atoms. The lowest BCUT2D eigenvalue weighted by molar-refractivity contribution is 0.0784. The minimum Gasteiger partial charge on any atom is -0.392 e. The average Bonchev–Trinajstić information content (AvgIpc) is 3.59. The monoisotopic (exact) mass is 429 g/mol. The maximum Gasteiger partial charge on any atom is 0.274 e. The van der Waals surface area contributed by atoms with Crippen molar-refractivity contribution in [3.05, 3.63) is 82.9 Å². The summed E-state index contributed by atoms with van der Waals surface area (Å²) in [6.45, 7) is 0.941. The van der Waals surface area contributed by atoms with E-state index in [1.165, 1.54) is 36.4 Å². The van der Waals surface area contributed by atoms with Gasteiger partial charge in [-0.3, -0.25) is 9.78 Å². The van der Waals surface area contributed by atoms with E-state index in [0.29, 0.717) is 24.7 Å². The SMILES string of the molecule is O=C(c1cncc(CO)n1)N1CCC(c2ccc(-c3ccccc3C3CC3)cc2CO)C1. The summed E-state index contributed by atoms with van der Waals surface area (Å²) >= 11 is 0. The van der Waals surface area contributed by atoms with Gasteiger partial charge in [0.15, 0.2) is 0 Å². The second kappa shape index (κ2) is 8.81. The van der Waals surface area contributed by atoms with E-state index in [2.05, 4.69) is 52.4 Å². The molecule has 1 amide bonds. The number of likely N-dealkylation sites (tertiary alicyclic amines) is 1. The summed E-state index contributed by atoms with van der Waals surface area (Å²) in [4.78, 5) is 22.9. The molecule has 1 saturated carbocycles. The standard InChI is InChI=1S/C26H27N3O3/c30-15-20-11-18(24-4-2-1-3-23(24)17-5-6-17)7-8-22(20)19-9-10-29(14-19)26(32)25-13-27-12-21(16-31)28-25/h1-4,7-8,11-13,17,19,30-31H,5-6,9-10,14-16H2. The molecule has 1 atom stereocenters. The second-order valence-corrected chi connectivity index (χ2v) is 8.72. The highest BCUT2D eigenvalue weighted by Crippen LogP contribution is 2.44. The van der Waals surface area contributed by atoms with Crippen LogP contribution in [0.25, 0.3) is 11.1 Å². The Kier molecular flexibility index (Phi) is 5.72. The molecule has 1 saturated heterocycles. The van der Waals surface area contributed by atoms with Crippen molar-refractivity contribution in [3.63, 3.8) is 0 Å². The Balaban J connectivity index is 1.37. The first-order chi connectivity index (χ1) is 15.7. The molecule has 6 nitrogen and oxygen atoms in total. The van der Waals surface area contributed by atoms with Gasteiger partial charge in [-0.05, 0) is 59.1 Å². The van der Waals surface area contributed by atoms with Crippen LogP contribution < -0.4 is 0 Å². The van der Waals surface area contributed by atoms with Gasteiger partial charge in [-0.15, -0.1) is 0 Å². The molecular formula is C26H27N3O3. The molecular weight excluding hydrogens is 402 g/mol. The fraction of sp³-hybridized carbons (Fsp3) is 0.346. The van der Waals surface area contributed by atoms with E-state index in [9.17, 15) is 15.0 Å². The number of rotatable bonds is 6. The summed E-state index contributed by atoms with van der Waals surface area (Å²) in [7, 11) is 0. The summed E-state index contributed by atoms with van der Waals surface area (Å²) in [5.74, 6) is 0.656. The minimum absolute atomic E-state index is 0.0246. The summed E-state index contributed by atoms with van der Waals surface area (Å²) in [6.07, 6.45) is 6.24. The molecule has 1 unspecified atom stereocenters. The van der Waals surface area contributed by atoms with E-state index >= 15 is 0 Å². The number of nitrogens with zero attached hydrogens (tertiary/aromatic N) is 3. The van der Waals surface area contributed by atoms with Gasteiger partial charge < -0.3 is 15.1 Å². The minimum atomic E-state index is -0.243. The highest BCUT2D eigenvalue weighted by Gasteiger charge is 2.31. The van der Waals surface area contributed by atoms with Gasteiger partial charge >= 0.3 is 0 Å². The van der Waals surface area contributed by atoms with Crippen LogP contribution in [0.15, 0.2) is 54.9 Å². The molecule has 32 heavy (non-hydrogen) atoms. The van der Waals surface area contributed by atoms with E-state index in [4.69, 9.17) is 0 Å². The van der Waals surface area contributed by atoms with Crippen molar-refractivity contribution in [3.8, 4) is 11.1 Å². The predicted octanol–water partition coefficient (Wildman–Crippen LogP) is 3.64. The number of amides is 1. The van der Waals surface area contributed by atoms with Crippen molar-refractivity contribution in [2.75, 3.05) is 13.1 Å². The third-order valence-corrected chi connectivity index (χ3v) is 6.58. The predicted molar refractivity (Wildman–Crippen MR) is 121 cm³/mol. The smallest absolute Gasteiger partial charge is 0.274 e. The largest absolute Gasteiger partial charge is 0.392 e. The van der Waals surface area contributed by atoms with Gasteiger partial charge in [-0.25, -0.2) is 4.98 Å². The highest BCUT2D eigenvalue weighted by molar-refractivity contribution is 5.92. The Labute approximate surface area is 187 Å². The number of aliphatic hydroxyl groups is 2. The van der Waals surface area contributed by atoms with Crippen LogP contribution in [-0.4, -0.2) is 44.1 Å². The van der Waals surface area contributed by atoms with Crippen LogP contribution in [0.4, 0.5) is 0 Å². The Morgan fingerprint density at radius 2 is 1.81 bits per heavy atom. The van der Waals surface area contributed by atoms with Gasteiger partial charge in [0.25, 0.3) is 5.91 Å². The van der Waals surface area contributed by atoms with E-state index < -0.39 is 0 Å². The van der Waals surface area contributed by atoms with Crippen molar-refractivity contribution in [1.29, 1.82) is 0 Å². The molecule has 1 aromatic heterocycles. The molecule has 1 aliphatic carbocycles. The number of aromatic nitrogens is 2. The lowest BCUT2D eigenvalue weighted by Crippen LogP contribution is -2.29. The molecule has 5 rings (SSSR count). The molecule has 2 aliphatic rings. The van der Waals surface area contributed by atoms with Crippen LogP contribution in [0.2, 0.25) is 0 Å². The van der Waals surface area contributed by atoms with E-state index in [0.717, 1.165) is 23.1 Å². The van der Waals surface area contributed by atoms with E-state index in [-0.39, 0.29) is 30.7 Å². The van der Waals surface area contributed by atoms with Gasteiger partial charge in [0, 0.05) is 19.0 Å². The summed E-state index contributed by atoms with van der Waals surface area (Å²) in [6, 6.07) is 14.9. The quantitative estimate of drug-likeness (QED) is 0.625. The van der Waals surface area contributed by atoms with Crippen molar-refractivity contribution in [2.24, 2.45) is 0 Å². The topological polar surface area (TPSA) is 86.5 Å². The normalized spacial score (nSPS) is 18.2. The van der Waals surface area contributed by atoms with Crippen LogP contribution in [0.1, 0.15) is 64.0 Å². The van der Waals surface area contributed by atoms with Gasteiger partial charge in [0.1, 0.15) is 5.69 Å². The van der Waals surface area contributed by atoms with Gasteiger partial charge in [-0.2, -0.15) is 0 Å². The van der Waals surface area contributed by atoms with Gasteiger partial charge in [-0.1, -0.05) is 36.4 Å².